The molecule has 0 spiro atoms. The summed E-state index contributed by atoms with van der Waals surface area (Å²) in [5.74, 6) is 2.26. The topological polar surface area (TPSA) is 85.3 Å². The van der Waals surface area contributed by atoms with Gasteiger partial charge in [0.25, 0.3) is 0 Å². The van der Waals surface area contributed by atoms with Crippen molar-refractivity contribution in [2.45, 2.75) is 50.0 Å². The van der Waals surface area contributed by atoms with Crippen LogP contribution >= 0.6 is 0 Å². The van der Waals surface area contributed by atoms with Crippen molar-refractivity contribution >= 4 is 5.91 Å². The van der Waals surface area contributed by atoms with Gasteiger partial charge in [-0.15, -0.1) is 0 Å². The minimum atomic E-state index is -0.263. The summed E-state index contributed by atoms with van der Waals surface area (Å²) in [5.41, 5.74) is 7.20. The van der Waals surface area contributed by atoms with Crippen molar-refractivity contribution in [3.63, 3.8) is 0 Å². The molecule has 1 aliphatic carbocycles. The van der Waals surface area contributed by atoms with E-state index in [2.05, 4.69) is 10.1 Å². The molecule has 25 heavy (non-hydrogen) atoms. The molecule has 1 amide bonds. The summed E-state index contributed by atoms with van der Waals surface area (Å²) < 4.78 is 5.38. The molecule has 2 unspecified atom stereocenters. The van der Waals surface area contributed by atoms with Gasteiger partial charge in [-0.1, -0.05) is 35.5 Å². The fourth-order valence-electron chi connectivity index (χ4n) is 3.46. The monoisotopic (exact) mass is 340 g/mol. The Labute approximate surface area is 147 Å². The molecule has 6 nitrogen and oxygen atoms in total. The van der Waals surface area contributed by atoms with Gasteiger partial charge in [-0.3, -0.25) is 4.79 Å². The Kier molecular flexibility index (Phi) is 4.53. The molecule has 1 aromatic carbocycles. The molecule has 1 aliphatic heterocycles. The van der Waals surface area contributed by atoms with Gasteiger partial charge >= 0.3 is 0 Å². The van der Waals surface area contributed by atoms with Gasteiger partial charge in [-0.25, -0.2) is 0 Å². The fourth-order valence-corrected chi connectivity index (χ4v) is 3.46. The van der Waals surface area contributed by atoms with Crippen molar-refractivity contribution in [3.8, 4) is 0 Å². The highest BCUT2D eigenvalue weighted by molar-refractivity contribution is 5.77. The van der Waals surface area contributed by atoms with Crippen LogP contribution < -0.4 is 5.73 Å². The van der Waals surface area contributed by atoms with Gasteiger partial charge in [0, 0.05) is 37.4 Å². The lowest BCUT2D eigenvalue weighted by Crippen LogP contribution is -2.40. The summed E-state index contributed by atoms with van der Waals surface area (Å²) in [6.45, 7) is 1.44. The third-order valence-electron chi connectivity index (χ3n) is 5.15. The molecule has 1 saturated carbocycles. The minimum absolute atomic E-state index is 0.104. The summed E-state index contributed by atoms with van der Waals surface area (Å²) in [5, 5.41) is 4.15. The second-order valence-corrected chi connectivity index (χ2v) is 7.17. The number of rotatable bonds is 5. The number of hydrogen-bond acceptors (Lipinski definition) is 5. The molecule has 2 heterocycles. The van der Waals surface area contributed by atoms with E-state index in [-0.39, 0.29) is 17.9 Å². The molecule has 2 atom stereocenters. The molecule has 132 valence electrons. The molecule has 1 saturated heterocycles. The zero-order valence-electron chi connectivity index (χ0n) is 14.3. The number of hydrogen-bond donors (Lipinski definition) is 1. The van der Waals surface area contributed by atoms with Crippen LogP contribution in [0.2, 0.25) is 0 Å². The summed E-state index contributed by atoms with van der Waals surface area (Å²) in [6.07, 6.45) is 4.58. The molecule has 4 rings (SSSR count). The van der Waals surface area contributed by atoms with Crippen molar-refractivity contribution in [3.05, 3.63) is 47.6 Å². The minimum Gasteiger partial charge on any atom is -0.342 e. The van der Waals surface area contributed by atoms with Gasteiger partial charge in [-0.05, 0) is 31.2 Å². The predicted octanol–water partition coefficient (Wildman–Crippen LogP) is 2.74. The Balaban J connectivity index is 1.37. The van der Waals surface area contributed by atoms with E-state index < -0.39 is 0 Å². The van der Waals surface area contributed by atoms with E-state index in [0.29, 0.717) is 18.9 Å². The quantitative estimate of drug-likeness (QED) is 0.904. The first-order valence-electron chi connectivity index (χ1n) is 9.12. The van der Waals surface area contributed by atoms with Crippen molar-refractivity contribution in [2.75, 3.05) is 13.1 Å². The number of likely N-dealkylation sites (tertiary alicyclic amines) is 1. The molecule has 1 aromatic heterocycles. The summed E-state index contributed by atoms with van der Waals surface area (Å²) >= 11 is 0. The number of aromatic nitrogens is 2. The van der Waals surface area contributed by atoms with Crippen LogP contribution in [0.15, 0.2) is 34.9 Å². The van der Waals surface area contributed by atoms with Crippen LogP contribution in [0.5, 0.6) is 0 Å². The first-order valence-corrected chi connectivity index (χ1v) is 9.12. The third kappa shape index (κ3) is 3.74. The maximum atomic E-state index is 12.7. The van der Waals surface area contributed by atoms with Crippen LogP contribution in [0, 0.1) is 0 Å². The number of carbonyl (C=O) groups is 1. The third-order valence-corrected chi connectivity index (χ3v) is 5.15. The van der Waals surface area contributed by atoms with Crippen LogP contribution in [0.3, 0.4) is 0 Å². The average molecular weight is 340 g/mol. The van der Waals surface area contributed by atoms with E-state index >= 15 is 0 Å². The maximum Gasteiger partial charge on any atom is 0.229 e. The molecule has 0 bridgehead atoms. The highest BCUT2D eigenvalue weighted by atomic mass is 16.5. The molecule has 2 aliphatic rings. The smallest absolute Gasteiger partial charge is 0.229 e. The number of piperidine rings is 1. The molecule has 6 heteroatoms. The summed E-state index contributed by atoms with van der Waals surface area (Å²) in [6, 6.07) is 9.52. The lowest BCUT2D eigenvalue weighted by molar-refractivity contribution is -0.132. The zero-order valence-corrected chi connectivity index (χ0v) is 14.3. The lowest BCUT2D eigenvalue weighted by Gasteiger charge is -2.32. The van der Waals surface area contributed by atoms with Crippen molar-refractivity contribution in [1.29, 1.82) is 0 Å². The average Bonchev–Trinajstić information content (AvgIpc) is 3.39. The second-order valence-electron chi connectivity index (χ2n) is 7.17. The van der Waals surface area contributed by atoms with Crippen LogP contribution in [-0.2, 0) is 4.79 Å². The van der Waals surface area contributed by atoms with E-state index in [4.69, 9.17) is 10.3 Å². The van der Waals surface area contributed by atoms with E-state index in [1.165, 1.54) is 0 Å². The van der Waals surface area contributed by atoms with Gasteiger partial charge in [-0.2, -0.15) is 4.98 Å². The van der Waals surface area contributed by atoms with Gasteiger partial charge in [0.05, 0.1) is 0 Å². The van der Waals surface area contributed by atoms with Crippen molar-refractivity contribution in [1.82, 2.24) is 15.0 Å². The molecular formula is C19H24N4O2. The Morgan fingerprint density at radius 2 is 2.04 bits per heavy atom. The Bertz CT molecular complexity index is 726. The first kappa shape index (κ1) is 16.3. The van der Waals surface area contributed by atoms with E-state index in [1.807, 2.05) is 35.2 Å². The first-order chi connectivity index (χ1) is 12.2. The van der Waals surface area contributed by atoms with Crippen LogP contribution in [0.25, 0.3) is 0 Å². The number of benzene rings is 1. The molecule has 0 radical (unpaired) electrons. The number of carbonyl (C=O) groups excluding carboxylic acids is 1. The second kappa shape index (κ2) is 6.96. The van der Waals surface area contributed by atoms with Crippen molar-refractivity contribution < 1.29 is 9.32 Å². The van der Waals surface area contributed by atoms with Crippen LogP contribution in [-0.4, -0.2) is 34.0 Å². The molecule has 2 aromatic rings. The van der Waals surface area contributed by atoms with Crippen molar-refractivity contribution in [2.24, 2.45) is 5.73 Å². The number of nitrogens with two attached hydrogens (primary N) is 1. The van der Waals surface area contributed by atoms with Crippen LogP contribution in [0.4, 0.5) is 0 Å². The molecule has 2 fully saturated rings. The predicted molar refractivity (Wildman–Crippen MR) is 92.8 cm³/mol. The lowest BCUT2D eigenvalue weighted by atomic mass is 9.96. The highest BCUT2D eigenvalue weighted by Crippen LogP contribution is 2.39. The van der Waals surface area contributed by atoms with E-state index in [9.17, 15) is 4.79 Å². The Morgan fingerprint density at radius 1 is 1.24 bits per heavy atom. The summed E-state index contributed by atoms with van der Waals surface area (Å²) in [7, 11) is 0. The van der Waals surface area contributed by atoms with Gasteiger partial charge in [0.15, 0.2) is 5.82 Å². The van der Waals surface area contributed by atoms with Gasteiger partial charge in [0.2, 0.25) is 11.8 Å². The Hall–Kier alpha value is -2.21. The van der Waals surface area contributed by atoms with E-state index in [0.717, 1.165) is 49.5 Å². The van der Waals surface area contributed by atoms with E-state index in [1.54, 1.807) is 0 Å². The highest BCUT2D eigenvalue weighted by Gasteiger charge is 2.33. The largest absolute Gasteiger partial charge is 0.342 e. The molecule has 2 N–H and O–H groups in total. The fraction of sp³-hybridized carbons (Fsp3) is 0.526. The number of amides is 1. The SMILES string of the molecule is NC(CC(=O)N1CCCC(c2noc(C3CC3)n2)C1)c1ccccc1. The maximum absolute atomic E-state index is 12.7. The molecular weight excluding hydrogens is 316 g/mol. The standard InChI is InChI=1S/C19H24N4O2/c20-16(13-5-2-1-3-6-13)11-17(24)23-10-4-7-15(12-23)18-21-19(25-22-18)14-8-9-14/h1-3,5-6,14-16H,4,7-12,20H2. The Morgan fingerprint density at radius 3 is 2.80 bits per heavy atom. The summed E-state index contributed by atoms with van der Waals surface area (Å²) in [4.78, 5) is 19.1. The number of nitrogens with zero attached hydrogens (tertiary/aromatic N) is 3. The van der Waals surface area contributed by atoms with Crippen LogP contribution in [0.1, 0.15) is 67.3 Å². The normalized spacial score (nSPS) is 22.0. The zero-order chi connectivity index (χ0) is 17.2. The van der Waals surface area contributed by atoms with Gasteiger partial charge in [0.1, 0.15) is 0 Å². The van der Waals surface area contributed by atoms with Gasteiger partial charge < -0.3 is 15.2 Å².